The number of alkyl carbamates (subject to hydrolysis) is 1. The van der Waals surface area contributed by atoms with Crippen molar-refractivity contribution in [3.05, 3.63) is 23.9 Å². The number of nitrogens with zero attached hydrogens (tertiary/aromatic N) is 3. The normalized spacial score (nSPS) is 29.2. The van der Waals surface area contributed by atoms with E-state index in [1.165, 1.54) is 4.90 Å². The number of carboxylic acids is 1. The summed E-state index contributed by atoms with van der Waals surface area (Å²) in [6.45, 7) is 7.60. The molecular weight excluding hydrogens is 528 g/mol. The highest BCUT2D eigenvalue weighted by Crippen LogP contribution is 2.45. The van der Waals surface area contributed by atoms with Gasteiger partial charge in [-0.15, -0.1) is 0 Å². The number of aryl methyl sites for hydroxylation is 1. The van der Waals surface area contributed by atoms with Gasteiger partial charge in [0.2, 0.25) is 11.8 Å². The molecule has 11 heteroatoms. The largest absolute Gasteiger partial charge is 0.497 e. The molecule has 41 heavy (non-hydrogen) atoms. The van der Waals surface area contributed by atoms with Gasteiger partial charge in [-0.1, -0.05) is 40.5 Å². The van der Waals surface area contributed by atoms with Crippen molar-refractivity contribution in [3.63, 3.8) is 0 Å². The highest BCUT2D eigenvalue weighted by atomic mass is 16.6. The van der Waals surface area contributed by atoms with Crippen molar-refractivity contribution in [3.8, 4) is 11.6 Å². The standard InChI is InChI=1S/C30H40N4O7/c1-16-19-9-7-6-8-10-21-26(32-22-13-17(39-5)11-12-20(22)31-21)40-18-14-23(28(36)37)34(15-18)27(35)25(30(2,3)4)33-29(38)41-24(16)19/h11-13,16,18-19,23-25H,6-10,14-15H2,1-5H3,(H,33,38)(H,36,37)/t16?,18-,19-,23+,24-,25-/m1/s1. The number of nitrogens with one attached hydrogen (secondary N) is 1. The van der Waals surface area contributed by atoms with Gasteiger partial charge >= 0.3 is 12.1 Å². The maximum Gasteiger partial charge on any atom is 0.408 e. The van der Waals surface area contributed by atoms with Crippen molar-refractivity contribution >= 4 is 29.0 Å². The molecule has 222 valence electrons. The lowest BCUT2D eigenvalue weighted by Crippen LogP contribution is -2.57. The Morgan fingerprint density at radius 3 is 2.61 bits per heavy atom. The summed E-state index contributed by atoms with van der Waals surface area (Å²) in [6.07, 6.45) is 3.08. The van der Waals surface area contributed by atoms with E-state index < -0.39 is 41.6 Å². The zero-order valence-corrected chi connectivity index (χ0v) is 24.4. The topological polar surface area (TPSA) is 140 Å². The van der Waals surface area contributed by atoms with Crippen LogP contribution >= 0.6 is 0 Å². The molecule has 1 aliphatic carbocycles. The molecule has 11 nitrogen and oxygen atoms in total. The van der Waals surface area contributed by atoms with Crippen LogP contribution in [0.4, 0.5) is 4.79 Å². The molecule has 2 aliphatic heterocycles. The quantitative estimate of drug-likeness (QED) is 0.551. The molecule has 2 N–H and O–H groups in total. The molecule has 1 aromatic heterocycles. The Balaban J connectivity index is 1.49. The maximum atomic E-state index is 13.8. The Labute approximate surface area is 239 Å². The van der Waals surface area contributed by atoms with E-state index in [1.54, 1.807) is 13.2 Å². The molecule has 2 fully saturated rings. The average Bonchev–Trinajstić information content (AvgIpc) is 3.30. The van der Waals surface area contributed by atoms with Crippen molar-refractivity contribution in [1.29, 1.82) is 0 Å². The van der Waals surface area contributed by atoms with Crippen LogP contribution in [0.3, 0.4) is 0 Å². The van der Waals surface area contributed by atoms with Crippen molar-refractivity contribution in [2.24, 2.45) is 17.3 Å². The summed E-state index contributed by atoms with van der Waals surface area (Å²) in [5.41, 5.74) is 1.35. The van der Waals surface area contributed by atoms with E-state index in [0.29, 0.717) is 29.3 Å². The Bertz CT molecular complexity index is 1330. The predicted octanol–water partition coefficient (Wildman–Crippen LogP) is 3.96. The first-order valence-corrected chi connectivity index (χ1v) is 14.5. The van der Waals surface area contributed by atoms with Crippen LogP contribution in [0.1, 0.15) is 65.5 Å². The summed E-state index contributed by atoms with van der Waals surface area (Å²) in [4.78, 5) is 50.0. The third kappa shape index (κ3) is 6.18. The number of hydrogen-bond acceptors (Lipinski definition) is 8. The molecule has 1 saturated heterocycles. The molecule has 5 rings (SSSR count). The molecule has 0 spiro atoms. The van der Waals surface area contributed by atoms with Gasteiger partial charge < -0.3 is 29.5 Å². The second-order valence-electron chi connectivity index (χ2n) is 12.6. The fourth-order valence-corrected chi connectivity index (χ4v) is 6.02. The van der Waals surface area contributed by atoms with E-state index in [-0.39, 0.29) is 30.9 Å². The first-order valence-electron chi connectivity index (χ1n) is 14.5. The van der Waals surface area contributed by atoms with Crippen LogP contribution in [0.25, 0.3) is 11.0 Å². The molecule has 0 radical (unpaired) electrons. The number of methoxy groups -OCH3 is 1. The fraction of sp³-hybridized carbons (Fsp3) is 0.633. The smallest absolute Gasteiger partial charge is 0.408 e. The van der Waals surface area contributed by atoms with Gasteiger partial charge in [-0.2, -0.15) is 0 Å². The highest BCUT2D eigenvalue weighted by molar-refractivity contribution is 5.90. The molecule has 2 amide bonds. The lowest BCUT2D eigenvalue weighted by atomic mass is 9.85. The zero-order valence-electron chi connectivity index (χ0n) is 24.4. The number of carboxylic acid groups (broad SMARTS) is 1. The lowest BCUT2D eigenvalue weighted by Gasteiger charge is -2.34. The number of aliphatic carboxylic acids is 1. The third-order valence-electron chi connectivity index (χ3n) is 8.56. The Morgan fingerprint density at radius 1 is 1.12 bits per heavy atom. The van der Waals surface area contributed by atoms with Crippen LogP contribution in [-0.2, 0) is 20.7 Å². The van der Waals surface area contributed by atoms with Gasteiger partial charge in [0.05, 0.1) is 24.7 Å². The summed E-state index contributed by atoms with van der Waals surface area (Å²) in [7, 11) is 1.58. The third-order valence-corrected chi connectivity index (χ3v) is 8.56. The minimum absolute atomic E-state index is 0.0398. The number of benzene rings is 1. The molecule has 1 saturated carbocycles. The minimum atomic E-state index is -1.13. The summed E-state index contributed by atoms with van der Waals surface area (Å²) < 4.78 is 17.4. The number of aromatic nitrogens is 2. The van der Waals surface area contributed by atoms with E-state index in [9.17, 15) is 19.5 Å². The van der Waals surface area contributed by atoms with Crippen LogP contribution in [-0.4, -0.2) is 75.9 Å². The number of ether oxygens (including phenoxy) is 3. The van der Waals surface area contributed by atoms with Crippen molar-refractivity contribution in [2.45, 2.75) is 90.5 Å². The molecule has 2 bridgehead atoms. The number of carbonyl (C=O) groups is 3. The number of hydrogen-bond donors (Lipinski definition) is 2. The van der Waals surface area contributed by atoms with Crippen LogP contribution in [0, 0.1) is 17.3 Å². The summed E-state index contributed by atoms with van der Waals surface area (Å²) >= 11 is 0. The molecule has 6 atom stereocenters. The van der Waals surface area contributed by atoms with Crippen molar-refractivity contribution in [2.75, 3.05) is 13.7 Å². The van der Waals surface area contributed by atoms with E-state index in [4.69, 9.17) is 24.2 Å². The maximum absolute atomic E-state index is 13.8. The van der Waals surface area contributed by atoms with Crippen LogP contribution in [0.15, 0.2) is 18.2 Å². The second kappa shape index (κ2) is 11.3. The number of rotatable bonds is 2. The number of amides is 2. The molecular formula is C30H40N4O7. The first-order chi connectivity index (χ1) is 19.5. The second-order valence-corrected chi connectivity index (χ2v) is 12.6. The van der Waals surface area contributed by atoms with Crippen LogP contribution in [0.5, 0.6) is 11.6 Å². The van der Waals surface area contributed by atoms with E-state index in [2.05, 4.69) is 12.2 Å². The first kappa shape index (κ1) is 28.9. The van der Waals surface area contributed by atoms with E-state index >= 15 is 0 Å². The van der Waals surface area contributed by atoms with Crippen LogP contribution in [0.2, 0.25) is 0 Å². The fourth-order valence-electron chi connectivity index (χ4n) is 6.02. The van der Waals surface area contributed by atoms with Gasteiger partial charge in [0.25, 0.3) is 0 Å². The summed E-state index contributed by atoms with van der Waals surface area (Å²) in [5.74, 6) is -0.0828. The molecule has 3 aliphatic rings. The van der Waals surface area contributed by atoms with Gasteiger partial charge in [-0.25, -0.2) is 19.6 Å². The van der Waals surface area contributed by atoms with Gasteiger partial charge in [-0.05, 0) is 42.7 Å². The Morgan fingerprint density at radius 2 is 1.90 bits per heavy atom. The van der Waals surface area contributed by atoms with Gasteiger partial charge in [0.15, 0.2) is 0 Å². The van der Waals surface area contributed by atoms with Gasteiger partial charge in [0, 0.05) is 18.4 Å². The van der Waals surface area contributed by atoms with E-state index in [0.717, 1.165) is 31.2 Å². The highest BCUT2D eigenvalue weighted by Gasteiger charge is 2.50. The molecule has 1 unspecified atom stereocenters. The molecule has 3 heterocycles. The lowest BCUT2D eigenvalue weighted by molar-refractivity contribution is -0.150. The SMILES string of the molecule is COc1ccc2nc3c(nc2c1)O[C@@H]1C[C@@H](C(=O)O)N(C1)C(=O)[C@H](C(C)(C)C)NC(=O)O[C@@H]1C(C)[C@H]1CCCCC3. The minimum Gasteiger partial charge on any atom is -0.497 e. The summed E-state index contributed by atoms with van der Waals surface area (Å²) in [5, 5.41) is 12.8. The Hall–Kier alpha value is -3.63. The van der Waals surface area contributed by atoms with Crippen molar-refractivity contribution in [1.82, 2.24) is 20.2 Å². The van der Waals surface area contributed by atoms with Crippen molar-refractivity contribution < 1.29 is 33.7 Å². The van der Waals surface area contributed by atoms with Gasteiger partial charge in [-0.3, -0.25) is 4.79 Å². The predicted molar refractivity (Wildman–Crippen MR) is 150 cm³/mol. The number of carbonyl (C=O) groups excluding carboxylic acids is 2. The monoisotopic (exact) mass is 568 g/mol. The zero-order chi connectivity index (χ0) is 29.5. The van der Waals surface area contributed by atoms with Gasteiger partial charge in [0.1, 0.15) is 35.7 Å². The summed E-state index contributed by atoms with van der Waals surface area (Å²) in [6, 6.07) is 3.39. The molecule has 1 aromatic carbocycles. The van der Waals surface area contributed by atoms with Crippen LogP contribution < -0.4 is 14.8 Å². The van der Waals surface area contributed by atoms with E-state index in [1.807, 2.05) is 32.9 Å². The number of fused-ring (bicyclic) bond motifs is 5. The Kier molecular flexibility index (Phi) is 7.98. The average molecular weight is 569 g/mol. The molecule has 2 aromatic rings.